The number of aliphatic hydroxyl groups is 1. The van der Waals surface area contributed by atoms with Gasteiger partial charge in [0, 0.05) is 25.4 Å². The average molecular weight is 326 g/mol. The molecule has 1 atom stereocenters. The van der Waals surface area contributed by atoms with E-state index in [2.05, 4.69) is 4.72 Å². The van der Waals surface area contributed by atoms with E-state index in [1.54, 1.807) is 6.92 Å². The third kappa shape index (κ3) is 5.21. The number of aliphatic carboxylic acids is 1. The molecule has 1 aliphatic heterocycles. The summed E-state index contributed by atoms with van der Waals surface area (Å²) in [5.74, 6) is -0.921. The maximum absolute atomic E-state index is 12.1. The lowest BCUT2D eigenvalue weighted by Gasteiger charge is -2.30. The normalized spacial score (nSPS) is 21.6. The summed E-state index contributed by atoms with van der Waals surface area (Å²) in [7, 11) is -3.66. The van der Waals surface area contributed by atoms with Crippen molar-refractivity contribution in [3.05, 3.63) is 0 Å². The number of carboxylic acids is 1. The Hall–Kier alpha value is -0.350. The molecule has 1 fully saturated rings. The minimum atomic E-state index is -3.66. The van der Waals surface area contributed by atoms with E-state index >= 15 is 0 Å². The molecule has 20 heavy (non-hydrogen) atoms. The predicted octanol–water partition coefficient (Wildman–Crippen LogP) is -0.269. The molecule has 9 heteroatoms. The smallest absolute Gasteiger partial charge is 0.306 e. The Labute approximate surface area is 123 Å². The molecule has 0 amide bonds. The van der Waals surface area contributed by atoms with E-state index in [9.17, 15) is 18.3 Å². The van der Waals surface area contributed by atoms with Gasteiger partial charge >= 0.3 is 5.97 Å². The Morgan fingerprint density at radius 2 is 2.00 bits per heavy atom. The van der Waals surface area contributed by atoms with Crippen molar-refractivity contribution >= 4 is 27.9 Å². The molecule has 0 bridgehead atoms. The number of hydrogen-bond acceptors (Lipinski definition) is 5. The van der Waals surface area contributed by atoms with E-state index in [0.717, 1.165) is 0 Å². The number of piperidine rings is 1. The maximum Gasteiger partial charge on any atom is 0.306 e. The molecule has 0 spiro atoms. The number of carbonyl (C=O) groups is 1. The van der Waals surface area contributed by atoms with Gasteiger partial charge in [-0.1, -0.05) is 0 Å². The van der Waals surface area contributed by atoms with Crippen LogP contribution in [0.4, 0.5) is 0 Å². The topological polar surface area (TPSA) is 107 Å². The molecule has 1 heterocycles. The molecule has 0 aliphatic carbocycles. The van der Waals surface area contributed by atoms with Gasteiger partial charge in [-0.2, -0.15) is 29.2 Å². The van der Waals surface area contributed by atoms with Gasteiger partial charge in [-0.15, -0.1) is 0 Å². The number of thioether (sulfide) groups is 1. The fourth-order valence-electron chi connectivity index (χ4n) is 2.04. The molecule has 0 aromatic rings. The molecule has 118 valence electrons. The first-order valence-corrected chi connectivity index (χ1v) is 9.20. The first kappa shape index (κ1) is 17.7. The third-order valence-corrected chi connectivity index (χ3v) is 5.70. The molecular weight excluding hydrogens is 304 g/mol. The van der Waals surface area contributed by atoms with Gasteiger partial charge in [-0.25, -0.2) is 0 Å². The van der Waals surface area contributed by atoms with Gasteiger partial charge < -0.3 is 10.2 Å². The SMILES string of the molecule is CSCC(C)(O)CNS(=O)(=O)N1CCC(C(=O)O)CC1. The van der Waals surface area contributed by atoms with Crippen LogP contribution in [0.25, 0.3) is 0 Å². The average Bonchev–Trinajstić information content (AvgIpc) is 2.37. The summed E-state index contributed by atoms with van der Waals surface area (Å²) >= 11 is 1.43. The van der Waals surface area contributed by atoms with Crippen molar-refractivity contribution < 1.29 is 23.4 Å². The second-order valence-electron chi connectivity index (χ2n) is 5.27. The van der Waals surface area contributed by atoms with Crippen LogP contribution < -0.4 is 4.72 Å². The summed E-state index contributed by atoms with van der Waals surface area (Å²) < 4.78 is 27.7. The second-order valence-corrected chi connectivity index (χ2v) is 7.89. The highest BCUT2D eigenvalue weighted by molar-refractivity contribution is 7.98. The maximum atomic E-state index is 12.1. The summed E-state index contributed by atoms with van der Waals surface area (Å²) in [4.78, 5) is 10.8. The Morgan fingerprint density at radius 1 is 1.45 bits per heavy atom. The number of rotatable bonds is 7. The Kier molecular flexibility index (Phi) is 6.26. The molecule has 1 unspecified atom stereocenters. The van der Waals surface area contributed by atoms with Crippen LogP contribution in [-0.4, -0.2) is 66.1 Å². The highest BCUT2D eigenvalue weighted by atomic mass is 32.2. The molecular formula is C11H22N2O5S2. The van der Waals surface area contributed by atoms with Gasteiger partial charge in [0.05, 0.1) is 11.5 Å². The summed E-state index contributed by atoms with van der Waals surface area (Å²) in [6.45, 7) is 1.89. The van der Waals surface area contributed by atoms with Crippen molar-refractivity contribution in [3.63, 3.8) is 0 Å². The fourth-order valence-corrected chi connectivity index (χ4v) is 4.13. The van der Waals surface area contributed by atoms with Crippen LogP contribution in [0.1, 0.15) is 19.8 Å². The number of hydrogen-bond donors (Lipinski definition) is 3. The second kappa shape index (κ2) is 7.08. The van der Waals surface area contributed by atoms with Crippen LogP contribution >= 0.6 is 11.8 Å². The minimum absolute atomic E-state index is 0.0605. The Bertz CT molecular complexity index is 430. The van der Waals surface area contributed by atoms with E-state index in [0.29, 0.717) is 18.6 Å². The van der Waals surface area contributed by atoms with Crippen LogP contribution in [0.5, 0.6) is 0 Å². The molecule has 7 nitrogen and oxygen atoms in total. The highest BCUT2D eigenvalue weighted by Gasteiger charge is 2.32. The highest BCUT2D eigenvalue weighted by Crippen LogP contribution is 2.19. The monoisotopic (exact) mass is 326 g/mol. The lowest BCUT2D eigenvalue weighted by molar-refractivity contribution is -0.142. The number of carboxylic acid groups (broad SMARTS) is 1. The molecule has 0 aromatic carbocycles. The first-order valence-electron chi connectivity index (χ1n) is 6.37. The summed E-state index contributed by atoms with van der Waals surface area (Å²) in [6, 6.07) is 0. The lowest BCUT2D eigenvalue weighted by atomic mass is 9.99. The quantitative estimate of drug-likeness (QED) is 0.595. The molecule has 1 saturated heterocycles. The van der Waals surface area contributed by atoms with E-state index in [-0.39, 0.29) is 19.6 Å². The fraction of sp³-hybridized carbons (Fsp3) is 0.909. The third-order valence-electron chi connectivity index (χ3n) is 3.23. The predicted molar refractivity (Wildman–Crippen MR) is 77.9 cm³/mol. The van der Waals surface area contributed by atoms with Crippen LogP contribution in [-0.2, 0) is 15.0 Å². The van der Waals surface area contributed by atoms with Crippen molar-refractivity contribution in [2.75, 3.05) is 31.6 Å². The molecule has 1 aliphatic rings. The zero-order chi connectivity index (χ0) is 15.4. The van der Waals surface area contributed by atoms with Crippen molar-refractivity contribution in [1.29, 1.82) is 0 Å². The van der Waals surface area contributed by atoms with Crippen molar-refractivity contribution in [1.82, 2.24) is 9.03 Å². The summed E-state index contributed by atoms with van der Waals surface area (Å²) in [5, 5.41) is 18.8. The number of nitrogens with one attached hydrogen (secondary N) is 1. The van der Waals surface area contributed by atoms with E-state index in [1.807, 2.05) is 6.26 Å². The van der Waals surface area contributed by atoms with Crippen molar-refractivity contribution in [2.45, 2.75) is 25.4 Å². The van der Waals surface area contributed by atoms with Gasteiger partial charge in [0.15, 0.2) is 0 Å². The largest absolute Gasteiger partial charge is 0.481 e. The van der Waals surface area contributed by atoms with Crippen molar-refractivity contribution in [2.24, 2.45) is 5.92 Å². The molecule has 3 N–H and O–H groups in total. The molecule has 1 rings (SSSR count). The van der Waals surface area contributed by atoms with Crippen LogP contribution in [0.2, 0.25) is 0 Å². The lowest BCUT2D eigenvalue weighted by Crippen LogP contribution is -2.50. The van der Waals surface area contributed by atoms with Gasteiger partial charge in [-0.3, -0.25) is 4.79 Å². The first-order chi connectivity index (χ1) is 9.18. The molecule has 0 radical (unpaired) electrons. The summed E-state index contributed by atoms with van der Waals surface area (Å²) in [6.07, 6.45) is 2.47. The van der Waals surface area contributed by atoms with Gasteiger partial charge in [0.2, 0.25) is 0 Å². The van der Waals surface area contributed by atoms with Gasteiger partial charge in [-0.05, 0) is 26.0 Å². The van der Waals surface area contributed by atoms with E-state index in [4.69, 9.17) is 5.11 Å². The van der Waals surface area contributed by atoms with E-state index < -0.39 is 27.7 Å². The van der Waals surface area contributed by atoms with E-state index in [1.165, 1.54) is 16.1 Å². The standard InChI is InChI=1S/C11H22N2O5S2/c1-11(16,8-19-2)7-12-20(17,18)13-5-3-9(4-6-13)10(14)15/h9,12,16H,3-8H2,1-2H3,(H,14,15). The van der Waals surface area contributed by atoms with Crippen molar-refractivity contribution in [3.8, 4) is 0 Å². The number of nitrogens with zero attached hydrogens (tertiary/aromatic N) is 1. The molecule has 0 saturated carbocycles. The zero-order valence-corrected chi connectivity index (χ0v) is 13.3. The molecule has 0 aromatic heterocycles. The zero-order valence-electron chi connectivity index (χ0n) is 11.7. The Morgan fingerprint density at radius 3 is 2.45 bits per heavy atom. The van der Waals surface area contributed by atoms with Gasteiger partial charge in [0.25, 0.3) is 10.2 Å². The van der Waals surface area contributed by atoms with Crippen LogP contribution in [0.15, 0.2) is 0 Å². The van der Waals surface area contributed by atoms with Crippen LogP contribution in [0.3, 0.4) is 0 Å². The van der Waals surface area contributed by atoms with Crippen LogP contribution in [0, 0.1) is 5.92 Å². The minimum Gasteiger partial charge on any atom is -0.481 e. The summed E-state index contributed by atoms with van der Waals surface area (Å²) in [5.41, 5.74) is -1.11. The van der Waals surface area contributed by atoms with Gasteiger partial charge in [0.1, 0.15) is 0 Å². The Balaban J connectivity index is 2.52.